The molecule has 4 atom stereocenters. The van der Waals surface area contributed by atoms with Gasteiger partial charge in [-0.15, -0.1) is 0 Å². The molecule has 118 valence electrons. The van der Waals surface area contributed by atoms with Crippen molar-refractivity contribution in [2.75, 3.05) is 34.3 Å². The van der Waals surface area contributed by atoms with E-state index >= 15 is 0 Å². The third-order valence-corrected chi connectivity index (χ3v) is 4.86. The molecule has 2 rings (SSSR count). The summed E-state index contributed by atoms with van der Waals surface area (Å²) in [6, 6.07) is 9.10. The van der Waals surface area contributed by atoms with Crippen molar-refractivity contribution in [2.45, 2.75) is 32.0 Å². The summed E-state index contributed by atoms with van der Waals surface area (Å²) >= 11 is 0. The molecule has 1 aliphatic heterocycles. The predicted molar refractivity (Wildman–Crippen MR) is 87.6 cm³/mol. The van der Waals surface area contributed by atoms with Crippen LogP contribution in [0.15, 0.2) is 24.3 Å². The maximum atomic E-state index is 6.48. The van der Waals surface area contributed by atoms with E-state index in [2.05, 4.69) is 49.9 Å². The Hall–Kier alpha value is -1.10. The molecule has 4 nitrogen and oxygen atoms in total. The van der Waals surface area contributed by atoms with E-state index in [-0.39, 0.29) is 6.04 Å². The van der Waals surface area contributed by atoms with Gasteiger partial charge in [0.05, 0.1) is 7.11 Å². The number of likely N-dealkylation sites (tertiary alicyclic amines) is 1. The molecule has 0 radical (unpaired) electrons. The molecule has 0 saturated carbocycles. The molecule has 1 saturated heterocycles. The molecule has 2 N–H and O–H groups in total. The number of benzene rings is 1. The molecule has 0 bridgehead atoms. The SMILES string of the molecule is COc1ccc(C(N)C(C)N2CC(C)C(N(C)C)C2)cc1. The first-order chi connectivity index (χ1) is 9.93. The van der Waals surface area contributed by atoms with Crippen LogP contribution in [0.1, 0.15) is 25.5 Å². The maximum Gasteiger partial charge on any atom is 0.118 e. The summed E-state index contributed by atoms with van der Waals surface area (Å²) in [6.45, 7) is 6.78. The molecule has 4 heteroatoms. The van der Waals surface area contributed by atoms with Gasteiger partial charge in [-0.05, 0) is 44.6 Å². The van der Waals surface area contributed by atoms with Crippen molar-refractivity contribution in [3.05, 3.63) is 29.8 Å². The number of likely N-dealkylation sites (N-methyl/N-ethyl adjacent to an activating group) is 1. The number of hydrogen-bond acceptors (Lipinski definition) is 4. The van der Waals surface area contributed by atoms with Gasteiger partial charge in [-0.3, -0.25) is 4.90 Å². The van der Waals surface area contributed by atoms with Gasteiger partial charge in [-0.2, -0.15) is 0 Å². The molecule has 1 aromatic rings. The Balaban J connectivity index is 2.03. The summed E-state index contributed by atoms with van der Waals surface area (Å²) in [6.07, 6.45) is 0. The highest BCUT2D eigenvalue weighted by atomic mass is 16.5. The maximum absolute atomic E-state index is 6.48. The summed E-state index contributed by atoms with van der Waals surface area (Å²) < 4.78 is 5.21. The molecule has 0 aromatic heterocycles. The smallest absolute Gasteiger partial charge is 0.118 e. The molecule has 21 heavy (non-hydrogen) atoms. The van der Waals surface area contributed by atoms with E-state index in [9.17, 15) is 0 Å². The number of hydrogen-bond donors (Lipinski definition) is 1. The second kappa shape index (κ2) is 6.77. The lowest BCUT2D eigenvalue weighted by molar-refractivity contribution is 0.204. The van der Waals surface area contributed by atoms with E-state index in [1.807, 2.05) is 12.1 Å². The van der Waals surface area contributed by atoms with Crippen molar-refractivity contribution in [1.29, 1.82) is 0 Å². The van der Waals surface area contributed by atoms with E-state index in [1.165, 1.54) is 5.56 Å². The van der Waals surface area contributed by atoms with Crippen molar-refractivity contribution < 1.29 is 4.74 Å². The fourth-order valence-electron chi connectivity index (χ4n) is 3.32. The lowest BCUT2D eigenvalue weighted by Gasteiger charge is -2.30. The van der Waals surface area contributed by atoms with Crippen LogP contribution in [-0.4, -0.2) is 56.2 Å². The van der Waals surface area contributed by atoms with Gasteiger partial charge >= 0.3 is 0 Å². The van der Waals surface area contributed by atoms with Crippen LogP contribution in [0.3, 0.4) is 0 Å². The van der Waals surface area contributed by atoms with Gasteiger partial charge < -0.3 is 15.4 Å². The molecule has 1 aliphatic rings. The van der Waals surface area contributed by atoms with Gasteiger partial charge in [0, 0.05) is 31.2 Å². The first-order valence-electron chi connectivity index (χ1n) is 7.74. The van der Waals surface area contributed by atoms with Crippen molar-refractivity contribution >= 4 is 0 Å². The van der Waals surface area contributed by atoms with Gasteiger partial charge in [-0.25, -0.2) is 0 Å². The van der Waals surface area contributed by atoms with Gasteiger partial charge in [0.1, 0.15) is 5.75 Å². The van der Waals surface area contributed by atoms with Crippen LogP contribution < -0.4 is 10.5 Å². The monoisotopic (exact) mass is 291 g/mol. The number of methoxy groups -OCH3 is 1. The largest absolute Gasteiger partial charge is 0.497 e. The van der Waals surface area contributed by atoms with Gasteiger partial charge in [-0.1, -0.05) is 19.1 Å². The highest BCUT2D eigenvalue weighted by Crippen LogP contribution is 2.27. The Morgan fingerprint density at radius 1 is 1.24 bits per heavy atom. The van der Waals surface area contributed by atoms with E-state index < -0.39 is 0 Å². The van der Waals surface area contributed by atoms with Crippen molar-refractivity contribution in [3.8, 4) is 5.75 Å². The molecule has 1 fully saturated rings. The normalized spacial score (nSPS) is 26.0. The molecule has 0 amide bonds. The van der Waals surface area contributed by atoms with Crippen LogP contribution in [-0.2, 0) is 0 Å². The van der Waals surface area contributed by atoms with Crippen LogP contribution in [0, 0.1) is 5.92 Å². The average Bonchev–Trinajstić information content (AvgIpc) is 2.88. The fourth-order valence-corrected chi connectivity index (χ4v) is 3.32. The van der Waals surface area contributed by atoms with E-state index in [4.69, 9.17) is 10.5 Å². The zero-order valence-electron chi connectivity index (χ0n) is 13.9. The number of ether oxygens (including phenoxy) is 1. The first-order valence-corrected chi connectivity index (χ1v) is 7.74. The van der Waals surface area contributed by atoms with Gasteiger partial charge in [0.25, 0.3) is 0 Å². The average molecular weight is 291 g/mol. The second-order valence-electron chi connectivity index (χ2n) is 6.50. The van der Waals surface area contributed by atoms with Crippen LogP contribution in [0.4, 0.5) is 0 Å². The van der Waals surface area contributed by atoms with Crippen molar-refractivity contribution in [1.82, 2.24) is 9.80 Å². The Kier molecular flexibility index (Phi) is 5.25. The highest BCUT2D eigenvalue weighted by molar-refractivity contribution is 5.29. The quantitative estimate of drug-likeness (QED) is 0.900. The molecular formula is C17H29N3O. The van der Waals surface area contributed by atoms with Crippen LogP contribution in [0.5, 0.6) is 5.75 Å². The lowest BCUT2D eigenvalue weighted by atomic mass is 10.0. The first kappa shape index (κ1) is 16.3. The minimum atomic E-state index is 0.0315. The third-order valence-electron chi connectivity index (χ3n) is 4.86. The third kappa shape index (κ3) is 3.57. The Bertz CT molecular complexity index is 446. The van der Waals surface area contributed by atoms with Crippen molar-refractivity contribution in [3.63, 3.8) is 0 Å². The topological polar surface area (TPSA) is 41.7 Å². The minimum absolute atomic E-state index is 0.0315. The van der Waals surface area contributed by atoms with E-state index in [0.717, 1.165) is 18.8 Å². The van der Waals surface area contributed by atoms with Gasteiger partial charge in [0.2, 0.25) is 0 Å². The van der Waals surface area contributed by atoms with Gasteiger partial charge in [0.15, 0.2) is 0 Å². The summed E-state index contributed by atoms with van der Waals surface area (Å²) in [5.41, 5.74) is 7.65. The molecule has 0 aliphatic carbocycles. The Morgan fingerprint density at radius 2 is 1.86 bits per heavy atom. The molecule has 1 aromatic carbocycles. The molecule has 0 spiro atoms. The second-order valence-corrected chi connectivity index (χ2v) is 6.50. The van der Waals surface area contributed by atoms with E-state index in [1.54, 1.807) is 7.11 Å². The molecule has 4 unspecified atom stereocenters. The highest BCUT2D eigenvalue weighted by Gasteiger charge is 2.35. The predicted octanol–water partition coefficient (Wildman–Crippen LogP) is 1.97. The van der Waals surface area contributed by atoms with Crippen molar-refractivity contribution in [2.24, 2.45) is 11.7 Å². The molecular weight excluding hydrogens is 262 g/mol. The Labute approximate surface area is 128 Å². The zero-order chi connectivity index (χ0) is 15.6. The number of nitrogens with two attached hydrogens (primary N) is 1. The summed E-state index contributed by atoms with van der Waals surface area (Å²) in [7, 11) is 6.02. The lowest BCUT2D eigenvalue weighted by Crippen LogP contribution is -2.41. The minimum Gasteiger partial charge on any atom is -0.497 e. The summed E-state index contributed by atoms with van der Waals surface area (Å²) in [5, 5.41) is 0. The summed E-state index contributed by atoms with van der Waals surface area (Å²) in [4.78, 5) is 4.85. The Morgan fingerprint density at radius 3 is 2.33 bits per heavy atom. The summed E-state index contributed by atoms with van der Waals surface area (Å²) in [5.74, 6) is 1.56. The molecule has 1 heterocycles. The van der Waals surface area contributed by atoms with Crippen LogP contribution >= 0.6 is 0 Å². The fraction of sp³-hybridized carbons (Fsp3) is 0.647. The number of nitrogens with zero attached hydrogens (tertiary/aromatic N) is 2. The standard InChI is InChI=1S/C17H29N3O/c1-12-10-20(11-16(12)19(3)4)13(2)17(18)14-6-8-15(21-5)9-7-14/h6-9,12-13,16-17H,10-11,18H2,1-5H3. The van der Waals surface area contributed by atoms with Crippen LogP contribution in [0.2, 0.25) is 0 Å². The van der Waals surface area contributed by atoms with Crippen LogP contribution in [0.25, 0.3) is 0 Å². The van der Waals surface area contributed by atoms with E-state index in [0.29, 0.717) is 18.0 Å². The number of rotatable bonds is 5. The zero-order valence-corrected chi connectivity index (χ0v) is 13.9.